The van der Waals surface area contributed by atoms with Crippen LogP contribution in [-0.4, -0.2) is 25.2 Å². The molecule has 2 aromatic heterocycles. The van der Waals surface area contributed by atoms with E-state index < -0.39 is 0 Å². The largest absolute Gasteiger partial charge is 0.345 e. The molecule has 1 N–H and O–H groups in total. The number of aromatic nitrogens is 4. The van der Waals surface area contributed by atoms with Gasteiger partial charge in [0.2, 0.25) is 0 Å². The molecule has 3 heterocycles. The number of amides is 1. The molecule has 0 fully saturated rings. The molecule has 0 unspecified atom stereocenters. The Bertz CT molecular complexity index is 910. The number of hydrogen-bond acceptors (Lipinski definition) is 3. The van der Waals surface area contributed by atoms with Gasteiger partial charge in [-0.25, -0.2) is 0 Å². The second kappa shape index (κ2) is 7.15. The predicted molar refractivity (Wildman–Crippen MR) is 99.3 cm³/mol. The number of nitrogens with one attached hydrogen (secondary N) is 1. The standard InChI is InChI=1S/C20H23N5O/c1-15-8-9-16(13-17(15)24-10-5-6-11-24)20(26)21-14-19-23-22-18-7-3-2-4-12-25(18)19/h5-6,8-11,13H,2-4,7,12,14H2,1H3,(H,21,26). The Morgan fingerprint density at radius 3 is 2.85 bits per heavy atom. The molecule has 1 aromatic carbocycles. The SMILES string of the molecule is Cc1ccc(C(=O)NCc2nnc3n2CCCCC3)cc1-n1cccc1. The molecule has 134 valence electrons. The maximum Gasteiger partial charge on any atom is 0.251 e. The average molecular weight is 349 g/mol. The van der Waals surface area contributed by atoms with Crippen molar-refractivity contribution in [3.05, 3.63) is 65.5 Å². The Labute approximate surface area is 152 Å². The molecular weight excluding hydrogens is 326 g/mol. The Kier molecular flexibility index (Phi) is 4.56. The molecule has 0 spiro atoms. The topological polar surface area (TPSA) is 64.7 Å². The van der Waals surface area contributed by atoms with Crippen molar-refractivity contribution in [2.24, 2.45) is 0 Å². The lowest BCUT2D eigenvalue weighted by atomic mass is 10.1. The van der Waals surface area contributed by atoms with Gasteiger partial charge in [0.15, 0.2) is 5.82 Å². The van der Waals surface area contributed by atoms with Crippen LogP contribution in [0.25, 0.3) is 5.69 Å². The first kappa shape index (κ1) is 16.6. The average Bonchev–Trinajstić information content (AvgIpc) is 3.25. The van der Waals surface area contributed by atoms with E-state index in [1.807, 2.05) is 54.2 Å². The highest BCUT2D eigenvalue weighted by Gasteiger charge is 2.16. The molecule has 6 nitrogen and oxygen atoms in total. The molecule has 26 heavy (non-hydrogen) atoms. The molecule has 0 radical (unpaired) electrons. The minimum absolute atomic E-state index is 0.0932. The number of hydrogen-bond donors (Lipinski definition) is 1. The molecular formula is C20H23N5O. The number of rotatable bonds is 4. The second-order valence-electron chi connectivity index (χ2n) is 6.77. The van der Waals surface area contributed by atoms with E-state index in [1.54, 1.807) is 0 Å². The number of carbonyl (C=O) groups excluding carboxylic acids is 1. The molecule has 0 saturated carbocycles. The van der Waals surface area contributed by atoms with Gasteiger partial charge < -0.3 is 14.5 Å². The maximum atomic E-state index is 12.6. The number of fused-ring (bicyclic) bond motifs is 1. The van der Waals surface area contributed by atoms with E-state index in [1.165, 1.54) is 6.42 Å². The summed E-state index contributed by atoms with van der Waals surface area (Å²) in [6.07, 6.45) is 8.46. The molecule has 0 bridgehead atoms. The quantitative estimate of drug-likeness (QED) is 0.787. The summed E-state index contributed by atoms with van der Waals surface area (Å²) >= 11 is 0. The highest BCUT2D eigenvalue weighted by atomic mass is 16.1. The molecule has 0 saturated heterocycles. The lowest BCUT2D eigenvalue weighted by molar-refractivity contribution is 0.0949. The van der Waals surface area contributed by atoms with Crippen LogP contribution in [0.4, 0.5) is 0 Å². The van der Waals surface area contributed by atoms with Crippen LogP contribution in [0.2, 0.25) is 0 Å². The van der Waals surface area contributed by atoms with E-state index in [4.69, 9.17) is 0 Å². The van der Waals surface area contributed by atoms with Crippen LogP contribution in [0.5, 0.6) is 0 Å². The van der Waals surface area contributed by atoms with Gasteiger partial charge in [0.1, 0.15) is 5.82 Å². The monoisotopic (exact) mass is 349 g/mol. The Morgan fingerprint density at radius 1 is 1.15 bits per heavy atom. The minimum Gasteiger partial charge on any atom is -0.345 e. The molecule has 4 rings (SSSR count). The van der Waals surface area contributed by atoms with Gasteiger partial charge in [0, 0.05) is 36.6 Å². The van der Waals surface area contributed by atoms with Crippen LogP contribution in [0.15, 0.2) is 42.7 Å². The lowest BCUT2D eigenvalue weighted by Gasteiger charge is -2.11. The first-order valence-electron chi connectivity index (χ1n) is 9.15. The minimum atomic E-state index is -0.0932. The normalized spacial score (nSPS) is 13.9. The molecule has 6 heteroatoms. The third-order valence-electron chi connectivity index (χ3n) is 4.95. The van der Waals surface area contributed by atoms with E-state index in [0.717, 1.165) is 48.7 Å². The van der Waals surface area contributed by atoms with Gasteiger partial charge in [0.05, 0.1) is 6.54 Å². The van der Waals surface area contributed by atoms with Gasteiger partial charge in [-0.2, -0.15) is 0 Å². The summed E-state index contributed by atoms with van der Waals surface area (Å²) < 4.78 is 4.18. The number of carbonyl (C=O) groups is 1. The zero-order valence-electron chi connectivity index (χ0n) is 15.0. The van der Waals surface area contributed by atoms with Crippen LogP contribution in [0.1, 0.15) is 46.8 Å². The summed E-state index contributed by atoms with van der Waals surface area (Å²) in [5.41, 5.74) is 2.79. The first-order valence-corrected chi connectivity index (χ1v) is 9.15. The van der Waals surface area contributed by atoms with E-state index in [0.29, 0.717) is 12.1 Å². The summed E-state index contributed by atoms with van der Waals surface area (Å²) in [7, 11) is 0. The number of benzene rings is 1. The third-order valence-corrected chi connectivity index (χ3v) is 4.95. The first-order chi connectivity index (χ1) is 12.7. The van der Waals surface area contributed by atoms with Gasteiger partial charge in [0.25, 0.3) is 5.91 Å². The van der Waals surface area contributed by atoms with Crippen molar-refractivity contribution < 1.29 is 4.79 Å². The van der Waals surface area contributed by atoms with E-state index in [-0.39, 0.29) is 5.91 Å². The lowest BCUT2D eigenvalue weighted by Crippen LogP contribution is -2.25. The van der Waals surface area contributed by atoms with Gasteiger partial charge in [-0.15, -0.1) is 10.2 Å². The van der Waals surface area contributed by atoms with Crippen LogP contribution in [-0.2, 0) is 19.5 Å². The van der Waals surface area contributed by atoms with Gasteiger partial charge in [-0.1, -0.05) is 12.5 Å². The van der Waals surface area contributed by atoms with Gasteiger partial charge in [-0.05, 0) is 49.6 Å². The fourth-order valence-electron chi connectivity index (χ4n) is 3.46. The Hall–Kier alpha value is -2.89. The zero-order chi connectivity index (χ0) is 17.9. The van der Waals surface area contributed by atoms with Crippen molar-refractivity contribution >= 4 is 5.91 Å². The predicted octanol–water partition coefficient (Wildman–Crippen LogP) is 3.03. The van der Waals surface area contributed by atoms with E-state index in [2.05, 4.69) is 20.1 Å². The van der Waals surface area contributed by atoms with E-state index >= 15 is 0 Å². The summed E-state index contributed by atoms with van der Waals surface area (Å²) in [6, 6.07) is 9.72. The fraction of sp³-hybridized carbons (Fsp3) is 0.350. The highest BCUT2D eigenvalue weighted by molar-refractivity contribution is 5.94. The fourth-order valence-corrected chi connectivity index (χ4v) is 3.46. The number of aryl methyl sites for hydroxylation is 2. The number of nitrogens with zero attached hydrogens (tertiary/aromatic N) is 4. The Morgan fingerprint density at radius 2 is 2.00 bits per heavy atom. The van der Waals surface area contributed by atoms with E-state index in [9.17, 15) is 4.79 Å². The van der Waals surface area contributed by atoms with Crippen molar-refractivity contribution in [2.75, 3.05) is 0 Å². The van der Waals surface area contributed by atoms with Crippen LogP contribution in [0.3, 0.4) is 0 Å². The molecule has 1 aliphatic heterocycles. The maximum absolute atomic E-state index is 12.6. The Balaban J connectivity index is 1.49. The smallest absolute Gasteiger partial charge is 0.251 e. The molecule has 0 aliphatic carbocycles. The van der Waals surface area contributed by atoms with Crippen molar-refractivity contribution in [3.8, 4) is 5.69 Å². The van der Waals surface area contributed by atoms with Gasteiger partial charge in [-0.3, -0.25) is 4.79 Å². The molecule has 3 aromatic rings. The van der Waals surface area contributed by atoms with Crippen LogP contribution >= 0.6 is 0 Å². The van der Waals surface area contributed by atoms with Crippen molar-refractivity contribution in [1.29, 1.82) is 0 Å². The summed E-state index contributed by atoms with van der Waals surface area (Å²) in [4.78, 5) is 12.6. The molecule has 1 amide bonds. The summed E-state index contributed by atoms with van der Waals surface area (Å²) in [6.45, 7) is 3.39. The van der Waals surface area contributed by atoms with Gasteiger partial charge >= 0.3 is 0 Å². The van der Waals surface area contributed by atoms with Crippen LogP contribution in [0, 0.1) is 6.92 Å². The summed E-state index contributed by atoms with van der Waals surface area (Å²) in [5.74, 6) is 1.79. The van der Waals surface area contributed by atoms with Crippen LogP contribution < -0.4 is 5.32 Å². The summed E-state index contributed by atoms with van der Waals surface area (Å²) in [5, 5.41) is 11.5. The van der Waals surface area contributed by atoms with Crippen molar-refractivity contribution in [1.82, 2.24) is 24.6 Å². The van der Waals surface area contributed by atoms with Crippen molar-refractivity contribution in [2.45, 2.75) is 45.7 Å². The molecule has 1 aliphatic rings. The third kappa shape index (κ3) is 3.27. The molecule has 0 atom stereocenters. The highest BCUT2D eigenvalue weighted by Crippen LogP contribution is 2.17. The van der Waals surface area contributed by atoms with Crippen molar-refractivity contribution in [3.63, 3.8) is 0 Å². The second-order valence-corrected chi connectivity index (χ2v) is 6.77. The zero-order valence-corrected chi connectivity index (χ0v) is 15.0.